The Morgan fingerprint density at radius 1 is 1.10 bits per heavy atom. The van der Waals surface area contributed by atoms with Crippen LogP contribution in [0.3, 0.4) is 0 Å². The zero-order valence-electron chi connectivity index (χ0n) is 16.5. The molecule has 2 saturated heterocycles. The minimum atomic E-state index is -0.766. The molecule has 1 aromatic rings. The van der Waals surface area contributed by atoms with E-state index in [1.54, 1.807) is 6.07 Å². The lowest BCUT2D eigenvalue weighted by Gasteiger charge is -2.30. The van der Waals surface area contributed by atoms with Crippen LogP contribution in [0.25, 0.3) is 0 Å². The molecule has 2 aliphatic heterocycles. The van der Waals surface area contributed by atoms with E-state index in [1.165, 1.54) is 18.6 Å². The number of imide groups is 1. The molecule has 156 valence electrons. The number of nitrogens with one attached hydrogen (secondary N) is 2. The second-order valence-electron chi connectivity index (χ2n) is 8.18. The number of hydrogen-bond donors (Lipinski definition) is 2. The molecule has 1 aliphatic carbocycles. The molecule has 4 amide bonds. The third kappa shape index (κ3) is 3.93. The van der Waals surface area contributed by atoms with Crippen LogP contribution in [-0.4, -0.2) is 47.9 Å². The third-order valence-electron chi connectivity index (χ3n) is 6.19. The average molecular weight is 402 g/mol. The lowest BCUT2D eigenvalue weighted by Crippen LogP contribution is -2.44. The zero-order valence-corrected chi connectivity index (χ0v) is 16.5. The molecular formula is C21H27FN4O3. The smallest absolute Gasteiger partial charge is 0.325 e. The summed E-state index contributed by atoms with van der Waals surface area (Å²) in [4.78, 5) is 40.7. The van der Waals surface area contributed by atoms with E-state index >= 15 is 0 Å². The van der Waals surface area contributed by atoms with Gasteiger partial charge in [-0.3, -0.25) is 14.5 Å². The van der Waals surface area contributed by atoms with Gasteiger partial charge in [-0.05, 0) is 50.3 Å². The first-order chi connectivity index (χ1) is 14.0. The third-order valence-corrected chi connectivity index (χ3v) is 6.19. The molecule has 3 fully saturated rings. The van der Waals surface area contributed by atoms with Crippen molar-refractivity contribution < 1.29 is 18.8 Å². The first kappa shape index (κ1) is 19.7. The van der Waals surface area contributed by atoms with E-state index in [0.717, 1.165) is 49.4 Å². The van der Waals surface area contributed by atoms with Crippen LogP contribution in [0.5, 0.6) is 0 Å². The summed E-state index contributed by atoms with van der Waals surface area (Å²) in [5.74, 6) is -0.993. The van der Waals surface area contributed by atoms with Crippen molar-refractivity contribution >= 4 is 29.2 Å². The molecule has 2 N–H and O–H groups in total. The van der Waals surface area contributed by atoms with Crippen molar-refractivity contribution in [2.75, 3.05) is 29.9 Å². The van der Waals surface area contributed by atoms with E-state index in [2.05, 4.69) is 15.5 Å². The molecule has 0 aromatic heterocycles. The van der Waals surface area contributed by atoms with E-state index in [1.807, 2.05) is 0 Å². The fraction of sp³-hybridized carbons (Fsp3) is 0.571. The lowest BCUT2D eigenvalue weighted by molar-refractivity contribution is -0.131. The van der Waals surface area contributed by atoms with Crippen LogP contribution in [-0.2, 0) is 9.59 Å². The summed E-state index contributed by atoms with van der Waals surface area (Å²) in [6.07, 6.45) is 6.43. The highest BCUT2D eigenvalue weighted by Crippen LogP contribution is 2.35. The van der Waals surface area contributed by atoms with Gasteiger partial charge >= 0.3 is 6.03 Å². The second kappa shape index (κ2) is 8.00. The Labute approximate surface area is 169 Å². The summed E-state index contributed by atoms with van der Waals surface area (Å²) in [6, 6.07) is 3.98. The van der Waals surface area contributed by atoms with Crippen LogP contribution < -0.4 is 15.5 Å². The summed E-state index contributed by atoms with van der Waals surface area (Å²) in [5.41, 5.74) is 0.470. The van der Waals surface area contributed by atoms with Gasteiger partial charge in [0.15, 0.2) is 0 Å². The van der Waals surface area contributed by atoms with Crippen LogP contribution >= 0.6 is 0 Å². The van der Waals surface area contributed by atoms with Crippen molar-refractivity contribution in [3.63, 3.8) is 0 Å². The Kier molecular flexibility index (Phi) is 5.43. The van der Waals surface area contributed by atoms with Crippen molar-refractivity contribution in [2.45, 2.75) is 56.9 Å². The molecule has 0 unspecified atom stereocenters. The number of urea groups is 1. The van der Waals surface area contributed by atoms with Gasteiger partial charge in [0.05, 0.1) is 11.4 Å². The summed E-state index contributed by atoms with van der Waals surface area (Å²) in [7, 11) is 0. The van der Waals surface area contributed by atoms with Gasteiger partial charge < -0.3 is 15.5 Å². The van der Waals surface area contributed by atoms with Crippen molar-refractivity contribution in [2.24, 2.45) is 0 Å². The van der Waals surface area contributed by atoms with Crippen molar-refractivity contribution in [1.82, 2.24) is 10.2 Å². The molecule has 0 bridgehead atoms. The second-order valence-corrected chi connectivity index (χ2v) is 8.18. The lowest BCUT2D eigenvalue weighted by atomic mass is 9.98. The number of amides is 4. The predicted molar refractivity (Wildman–Crippen MR) is 107 cm³/mol. The van der Waals surface area contributed by atoms with Gasteiger partial charge in [0, 0.05) is 26.1 Å². The maximum absolute atomic E-state index is 13.8. The molecule has 7 nitrogen and oxygen atoms in total. The molecule has 1 aromatic carbocycles. The summed E-state index contributed by atoms with van der Waals surface area (Å²) in [6.45, 7) is 1.77. The number of rotatable bonds is 5. The quantitative estimate of drug-likeness (QED) is 0.742. The van der Waals surface area contributed by atoms with Crippen LogP contribution in [0, 0.1) is 5.82 Å². The molecule has 2 heterocycles. The number of benzene rings is 1. The summed E-state index contributed by atoms with van der Waals surface area (Å²) < 4.78 is 13.8. The molecule has 4 rings (SSSR count). The minimum absolute atomic E-state index is 0.0204. The van der Waals surface area contributed by atoms with Gasteiger partial charge in [0.2, 0.25) is 5.91 Å². The zero-order chi connectivity index (χ0) is 20.4. The van der Waals surface area contributed by atoms with Crippen molar-refractivity contribution in [3.8, 4) is 0 Å². The van der Waals surface area contributed by atoms with Crippen molar-refractivity contribution in [3.05, 3.63) is 24.0 Å². The molecule has 8 heteroatoms. The van der Waals surface area contributed by atoms with Crippen LogP contribution in [0.2, 0.25) is 0 Å². The maximum atomic E-state index is 13.8. The van der Waals surface area contributed by atoms with Crippen LogP contribution in [0.15, 0.2) is 18.2 Å². The SMILES string of the molecule is O=C(CCN1C(=O)NC2(CCCC2)C1=O)Nc1cc(F)ccc1N1CCCCC1. The molecule has 1 saturated carbocycles. The predicted octanol–water partition coefficient (Wildman–Crippen LogP) is 3.01. The Bertz CT molecular complexity index is 816. The van der Waals surface area contributed by atoms with E-state index in [9.17, 15) is 18.8 Å². The molecule has 0 atom stereocenters. The minimum Gasteiger partial charge on any atom is -0.370 e. The number of carbonyl (C=O) groups excluding carboxylic acids is 3. The van der Waals surface area contributed by atoms with E-state index in [4.69, 9.17) is 0 Å². The van der Waals surface area contributed by atoms with Gasteiger partial charge in [-0.15, -0.1) is 0 Å². The molecule has 1 spiro atoms. The number of carbonyl (C=O) groups is 3. The Morgan fingerprint density at radius 3 is 2.55 bits per heavy atom. The number of halogens is 1. The van der Waals surface area contributed by atoms with Gasteiger partial charge in [-0.1, -0.05) is 12.8 Å². The van der Waals surface area contributed by atoms with Crippen LogP contribution in [0.4, 0.5) is 20.6 Å². The first-order valence-electron chi connectivity index (χ1n) is 10.5. The van der Waals surface area contributed by atoms with E-state index in [-0.39, 0.29) is 24.8 Å². The van der Waals surface area contributed by atoms with Gasteiger partial charge in [-0.2, -0.15) is 0 Å². The topological polar surface area (TPSA) is 81.8 Å². The van der Waals surface area contributed by atoms with E-state index in [0.29, 0.717) is 18.5 Å². The van der Waals surface area contributed by atoms with Crippen LogP contribution in [0.1, 0.15) is 51.4 Å². The highest BCUT2D eigenvalue weighted by Gasteiger charge is 2.52. The molecule has 3 aliphatic rings. The number of anilines is 2. The standard InChI is InChI=1S/C21H27FN4O3/c22-15-6-7-17(25-11-4-1-5-12-25)16(14-15)23-18(27)8-13-26-19(28)21(24-20(26)29)9-2-3-10-21/h6-7,14H,1-5,8-13H2,(H,23,27)(H,24,29). The highest BCUT2D eigenvalue weighted by atomic mass is 19.1. The highest BCUT2D eigenvalue weighted by molar-refractivity contribution is 6.07. The Hall–Kier alpha value is -2.64. The number of hydrogen-bond acceptors (Lipinski definition) is 4. The number of piperidine rings is 1. The molecule has 0 radical (unpaired) electrons. The maximum Gasteiger partial charge on any atom is 0.325 e. The fourth-order valence-electron chi connectivity index (χ4n) is 4.64. The normalized spacial score (nSPS) is 21.0. The largest absolute Gasteiger partial charge is 0.370 e. The Balaban J connectivity index is 1.39. The summed E-state index contributed by atoms with van der Waals surface area (Å²) in [5, 5.41) is 5.58. The van der Waals surface area contributed by atoms with Gasteiger partial charge in [0.25, 0.3) is 5.91 Å². The van der Waals surface area contributed by atoms with Gasteiger partial charge in [-0.25, -0.2) is 9.18 Å². The molecule has 29 heavy (non-hydrogen) atoms. The number of nitrogens with zero attached hydrogens (tertiary/aromatic N) is 2. The Morgan fingerprint density at radius 2 is 1.83 bits per heavy atom. The summed E-state index contributed by atoms with van der Waals surface area (Å²) >= 11 is 0. The van der Waals surface area contributed by atoms with E-state index < -0.39 is 17.4 Å². The van der Waals surface area contributed by atoms with Crippen molar-refractivity contribution in [1.29, 1.82) is 0 Å². The fourth-order valence-corrected chi connectivity index (χ4v) is 4.64. The molecular weight excluding hydrogens is 375 g/mol. The average Bonchev–Trinajstić information content (AvgIpc) is 3.26. The van der Waals surface area contributed by atoms with Gasteiger partial charge in [0.1, 0.15) is 11.4 Å². The first-order valence-corrected chi connectivity index (χ1v) is 10.5. The monoisotopic (exact) mass is 402 g/mol.